The Hall–Kier alpha value is -1.75. The number of hydrogen-bond acceptors (Lipinski definition) is 4. The molecule has 0 saturated heterocycles. The summed E-state index contributed by atoms with van der Waals surface area (Å²) in [6.45, 7) is 0. The normalized spacial score (nSPS) is 19.7. The Bertz CT molecular complexity index is 512. The van der Waals surface area contributed by atoms with Gasteiger partial charge in [0.2, 0.25) is 5.91 Å². The van der Waals surface area contributed by atoms with Crippen molar-refractivity contribution in [1.29, 1.82) is 0 Å². The Morgan fingerprint density at radius 3 is 2.55 bits per heavy atom. The third-order valence-electron chi connectivity index (χ3n) is 4.22. The van der Waals surface area contributed by atoms with E-state index >= 15 is 0 Å². The lowest BCUT2D eigenvalue weighted by molar-refractivity contribution is -0.118. The minimum Gasteiger partial charge on any atom is -0.320 e. The van der Waals surface area contributed by atoms with Crippen molar-refractivity contribution in [3.05, 3.63) is 23.9 Å². The molecule has 0 radical (unpaired) electrons. The fourth-order valence-corrected chi connectivity index (χ4v) is 2.91. The van der Waals surface area contributed by atoms with Crippen molar-refractivity contribution in [2.24, 2.45) is 23.5 Å². The van der Waals surface area contributed by atoms with Crippen LogP contribution in [0.1, 0.15) is 36.0 Å². The predicted octanol–water partition coefficient (Wildman–Crippen LogP) is 1.60. The Morgan fingerprint density at radius 1 is 1.35 bits per heavy atom. The van der Waals surface area contributed by atoms with E-state index in [0.29, 0.717) is 29.1 Å². The molecule has 106 valence electrons. The van der Waals surface area contributed by atoms with Crippen LogP contribution in [0.3, 0.4) is 0 Å². The molecular formula is C15H19N3O2. The molecule has 0 bridgehead atoms. The van der Waals surface area contributed by atoms with Crippen LogP contribution >= 0.6 is 0 Å². The molecule has 5 heteroatoms. The smallest absolute Gasteiger partial charge is 0.242 e. The van der Waals surface area contributed by atoms with Gasteiger partial charge in [0.1, 0.15) is 12.1 Å². The number of nitrogens with two attached hydrogens (primary N) is 1. The van der Waals surface area contributed by atoms with E-state index < -0.39 is 6.04 Å². The highest BCUT2D eigenvalue weighted by Gasteiger charge is 2.46. The molecule has 0 unspecified atom stereocenters. The monoisotopic (exact) mass is 273 g/mol. The van der Waals surface area contributed by atoms with Crippen molar-refractivity contribution in [3.63, 3.8) is 0 Å². The standard InChI is InChI=1S/C15H19N3O2/c16-14(13(10-1-2-10)11-3-4-11)15(20)18-12-7-9(8-19)5-6-17-12/h5-8,10-11,13-14H,1-4,16H2,(H,17,18,20)/t14-/m0/s1. The first-order chi connectivity index (χ1) is 9.69. The summed E-state index contributed by atoms with van der Waals surface area (Å²) in [4.78, 5) is 27.0. The highest BCUT2D eigenvalue weighted by atomic mass is 16.2. The third kappa shape index (κ3) is 2.88. The van der Waals surface area contributed by atoms with Gasteiger partial charge in [-0.25, -0.2) is 4.98 Å². The average Bonchev–Trinajstić information content (AvgIpc) is 3.33. The van der Waals surface area contributed by atoms with Gasteiger partial charge in [0, 0.05) is 11.8 Å². The molecule has 0 aromatic carbocycles. The van der Waals surface area contributed by atoms with Gasteiger partial charge in [0.25, 0.3) is 0 Å². The van der Waals surface area contributed by atoms with Crippen molar-refractivity contribution >= 4 is 18.0 Å². The summed E-state index contributed by atoms with van der Waals surface area (Å²) >= 11 is 0. The summed E-state index contributed by atoms with van der Waals surface area (Å²) in [7, 11) is 0. The molecule has 3 N–H and O–H groups in total. The summed E-state index contributed by atoms with van der Waals surface area (Å²) in [5.41, 5.74) is 6.64. The van der Waals surface area contributed by atoms with Gasteiger partial charge >= 0.3 is 0 Å². The Balaban J connectivity index is 1.66. The first kappa shape index (κ1) is 13.2. The number of aromatic nitrogens is 1. The molecule has 3 rings (SSSR count). The number of hydrogen-bond donors (Lipinski definition) is 2. The van der Waals surface area contributed by atoms with E-state index in [-0.39, 0.29) is 5.91 Å². The van der Waals surface area contributed by atoms with Crippen LogP contribution in [0.2, 0.25) is 0 Å². The molecule has 1 amide bonds. The lowest BCUT2D eigenvalue weighted by Gasteiger charge is -2.22. The molecule has 1 atom stereocenters. The van der Waals surface area contributed by atoms with Crippen LogP contribution in [0.15, 0.2) is 18.3 Å². The maximum Gasteiger partial charge on any atom is 0.242 e. The van der Waals surface area contributed by atoms with Crippen LogP contribution in [-0.2, 0) is 4.79 Å². The predicted molar refractivity (Wildman–Crippen MR) is 75.2 cm³/mol. The summed E-state index contributed by atoms with van der Waals surface area (Å²) in [5.74, 6) is 1.75. The lowest BCUT2D eigenvalue weighted by Crippen LogP contribution is -2.43. The van der Waals surface area contributed by atoms with Gasteiger partial charge in [0.15, 0.2) is 0 Å². The molecule has 1 heterocycles. The number of rotatable bonds is 6. The number of nitrogens with zero attached hydrogens (tertiary/aromatic N) is 1. The van der Waals surface area contributed by atoms with Gasteiger partial charge in [-0.2, -0.15) is 0 Å². The zero-order valence-corrected chi connectivity index (χ0v) is 11.3. The summed E-state index contributed by atoms with van der Waals surface area (Å²) in [5, 5.41) is 2.73. The van der Waals surface area contributed by atoms with Gasteiger partial charge in [-0.3, -0.25) is 9.59 Å². The van der Waals surface area contributed by atoms with Gasteiger partial charge < -0.3 is 11.1 Å². The fourth-order valence-electron chi connectivity index (χ4n) is 2.91. The van der Waals surface area contributed by atoms with E-state index in [1.54, 1.807) is 12.1 Å². The van der Waals surface area contributed by atoms with Crippen molar-refractivity contribution in [3.8, 4) is 0 Å². The number of aldehydes is 1. The molecule has 1 aromatic heterocycles. The second-order valence-corrected chi connectivity index (χ2v) is 5.86. The Morgan fingerprint density at radius 2 is 2.00 bits per heavy atom. The first-order valence-corrected chi connectivity index (χ1v) is 7.16. The zero-order chi connectivity index (χ0) is 14.1. The molecule has 5 nitrogen and oxygen atoms in total. The highest BCUT2D eigenvalue weighted by molar-refractivity contribution is 5.94. The molecule has 2 fully saturated rings. The zero-order valence-electron chi connectivity index (χ0n) is 11.3. The summed E-state index contributed by atoms with van der Waals surface area (Å²) < 4.78 is 0. The molecule has 1 aromatic rings. The second kappa shape index (κ2) is 5.32. The number of pyridine rings is 1. The quantitative estimate of drug-likeness (QED) is 0.771. The van der Waals surface area contributed by atoms with Crippen molar-refractivity contribution in [1.82, 2.24) is 4.98 Å². The Kier molecular flexibility index (Phi) is 3.53. The number of nitrogens with one attached hydrogen (secondary N) is 1. The molecule has 0 aliphatic heterocycles. The number of carbonyl (C=O) groups excluding carboxylic acids is 2. The summed E-state index contributed by atoms with van der Waals surface area (Å²) in [6, 6.07) is 2.68. The Labute approximate surface area is 118 Å². The minimum absolute atomic E-state index is 0.190. The third-order valence-corrected chi connectivity index (χ3v) is 4.22. The van der Waals surface area contributed by atoms with E-state index in [9.17, 15) is 9.59 Å². The highest BCUT2D eigenvalue weighted by Crippen LogP contribution is 2.50. The van der Waals surface area contributed by atoms with Crippen molar-refractivity contribution < 1.29 is 9.59 Å². The molecule has 20 heavy (non-hydrogen) atoms. The van der Waals surface area contributed by atoms with Crippen LogP contribution in [-0.4, -0.2) is 23.2 Å². The minimum atomic E-state index is -0.475. The average molecular weight is 273 g/mol. The number of carbonyl (C=O) groups is 2. The van der Waals surface area contributed by atoms with Crippen LogP contribution in [0, 0.1) is 17.8 Å². The SMILES string of the molecule is N[C@H](C(=O)Nc1cc(C=O)ccn1)C(C1CC1)C1CC1. The van der Waals surface area contributed by atoms with Crippen LogP contribution in [0.25, 0.3) is 0 Å². The number of anilines is 1. The van der Waals surface area contributed by atoms with Crippen LogP contribution in [0.4, 0.5) is 5.82 Å². The van der Waals surface area contributed by atoms with Crippen LogP contribution < -0.4 is 11.1 Å². The number of amides is 1. The first-order valence-electron chi connectivity index (χ1n) is 7.16. The molecule has 2 aliphatic rings. The van der Waals surface area contributed by atoms with E-state index in [1.165, 1.54) is 31.9 Å². The van der Waals surface area contributed by atoms with E-state index in [0.717, 1.165) is 6.29 Å². The van der Waals surface area contributed by atoms with E-state index in [4.69, 9.17) is 5.73 Å². The van der Waals surface area contributed by atoms with Gasteiger partial charge in [-0.05, 0) is 55.6 Å². The fraction of sp³-hybridized carbons (Fsp3) is 0.533. The van der Waals surface area contributed by atoms with E-state index in [1.807, 2.05) is 0 Å². The largest absolute Gasteiger partial charge is 0.320 e. The van der Waals surface area contributed by atoms with Gasteiger partial charge in [0.05, 0.1) is 6.04 Å². The second-order valence-electron chi connectivity index (χ2n) is 5.86. The van der Waals surface area contributed by atoms with Crippen molar-refractivity contribution in [2.75, 3.05) is 5.32 Å². The lowest BCUT2D eigenvalue weighted by atomic mass is 9.89. The van der Waals surface area contributed by atoms with Gasteiger partial charge in [-0.1, -0.05) is 0 Å². The van der Waals surface area contributed by atoms with Gasteiger partial charge in [-0.15, -0.1) is 0 Å². The molecule has 2 saturated carbocycles. The summed E-state index contributed by atoms with van der Waals surface area (Å²) in [6.07, 6.45) is 7.02. The van der Waals surface area contributed by atoms with Crippen molar-refractivity contribution in [2.45, 2.75) is 31.7 Å². The molecular weight excluding hydrogens is 254 g/mol. The maximum absolute atomic E-state index is 12.3. The molecule has 2 aliphatic carbocycles. The molecule has 0 spiro atoms. The van der Waals surface area contributed by atoms with E-state index in [2.05, 4.69) is 10.3 Å². The topological polar surface area (TPSA) is 85.1 Å². The van der Waals surface area contributed by atoms with Crippen LogP contribution in [0.5, 0.6) is 0 Å². The maximum atomic E-state index is 12.3.